The number of rotatable bonds is 6. The van der Waals surface area contributed by atoms with Gasteiger partial charge in [0.25, 0.3) is 0 Å². The molecule has 4 aromatic rings. The van der Waals surface area contributed by atoms with Crippen molar-refractivity contribution in [3.63, 3.8) is 0 Å². The average Bonchev–Trinajstić information content (AvgIpc) is 2.84. The topological polar surface area (TPSA) is 40.5 Å². The van der Waals surface area contributed by atoms with Crippen LogP contribution in [0.5, 0.6) is 11.5 Å². The molecule has 0 aromatic heterocycles. The van der Waals surface area contributed by atoms with Crippen molar-refractivity contribution in [3.05, 3.63) is 130 Å². The van der Waals surface area contributed by atoms with Gasteiger partial charge >= 0.3 is 0 Å². The predicted octanol–water partition coefficient (Wildman–Crippen LogP) is 8.38. The molecule has 0 aliphatic carbocycles. The van der Waals surface area contributed by atoms with E-state index in [0.29, 0.717) is 0 Å². The van der Waals surface area contributed by atoms with Gasteiger partial charge in [-0.2, -0.15) is 0 Å². The third kappa shape index (κ3) is 4.78. The Balaban J connectivity index is 1.93. The smallest absolute Gasteiger partial charge is 0.115 e. The van der Waals surface area contributed by atoms with Gasteiger partial charge in [-0.25, -0.2) is 0 Å². The lowest BCUT2D eigenvalue weighted by atomic mass is 9.69. The van der Waals surface area contributed by atoms with E-state index in [1.54, 1.807) is 24.3 Å². The Hall–Kier alpha value is -3.52. The van der Waals surface area contributed by atoms with Crippen molar-refractivity contribution < 1.29 is 10.2 Å². The van der Waals surface area contributed by atoms with Gasteiger partial charge in [-0.1, -0.05) is 114 Å². The van der Waals surface area contributed by atoms with Gasteiger partial charge in [0, 0.05) is 16.2 Å². The minimum absolute atomic E-state index is 0.200. The fourth-order valence-corrected chi connectivity index (χ4v) is 4.94. The summed E-state index contributed by atoms with van der Waals surface area (Å²) in [6.45, 7) is 15.7. The second kappa shape index (κ2) is 9.17. The van der Waals surface area contributed by atoms with Crippen molar-refractivity contribution in [2.45, 2.75) is 64.7 Å². The molecule has 0 saturated carbocycles. The Morgan fingerprint density at radius 1 is 0.389 bits per heavy atom. The maximum atomic E-state index is 9.87. The quantitative estimate of drug-likeness (QED) is 0.292. The van der Waals surface area contributed by atoms with Gasteiger partial charge in [-0.3, -0.25) is 0 Å². The molecule has 2 N–H and O–H groups in total. The van der Waals surface area contributed by atoms with E-state index in [2.05, 4.69) is 90.9 Å². The summed E-state index contributed by atoms with van der Waals surface area (Å²) in [6.07, 6.45) is 0. The summed E-state index contributed by atoms with van der Waals surface area (Å²) < 4.78 is 0. The van der Waals surface area contributed by atoms with E-state index in [9.17, 15) is 10.2 Å². The van der Waals surface area contributed by atoms with Crippen molar-refractivity contribution >= 4 is 0 Å². The number of phenols is 2. The van der Waals surface area contributed by atoms with Gasteiger partial charge in [-0.05, 0) is 64.6 Å². The number of benzene rings is 4. The van der Waals surface area contributed by atoms with Crippen LogP contribution in [0.3, 0.4) is 0 Å². The molecule has 4 aromatic carbocycles. The number of aromatic hydroxyl groups is 2. The van der Waals surface area contributed by atoms with Crippen LogP contribution in [0.15, 0.2) is 91.0 Å². The molecule has 2 nitrogen and oxygen atoms in total. The van der Waals surface area contributed by atoms with Crippen LogP contribution in [-0.4, -0.2) is 10.2 Å². The minimum atomic E-state index is -0.271. The molecule has 0 unspecified atom stereocenters. The van der Waals surface area contributed by atoms with Gasteiger partial charge in [0.2, 0.25) is 0 Å². The monoisotopic (exact) mass is 478 g/mol. The Morgan fingerprint density at radius 2 is 0.639 bits per heavy atom. The summed E-state index contributed by atoms with van der Waals surface area (Å²) in [4.78, 5) is 0. The van der Waals surface area contributed by atoms with Crippen molar-refractivity contribution in [3.8, 4) is 11.5 Å². The van der Waals surface area contributed by atoms with Crippen molar-refractivity contribution in [1.29, 1.82) is 0 Å². The molecule has 0 fully saturated rings. The lowest BCUT2D eigenvalue weighted by molar-refractivity contribution is 0.474. The lowest BCUT2D eigenvalue weighted by Gasteiger charge is -2.35. The molecule has 0 atom stereocenters. The predicted molar refractivity (Wildman–Crippen MR) is 150 cm³/mol. The highest BCUT2D eigenvalue weighted by molar-refractivity contribution is 5.51. The molecular formula is C34H38O2. The highest BCUT2D eigenvalue weighted by atomic mass is 16.3. The molecule has 2 heteroatoms. The second-order valence-electron chi connectivity index (χ2n) is 11.6. The first-order valence-corrected chi connectivity index (χ1v) is 12.6. The Morgan fingerprint density at radius 3 is 0.917 bits per heavy atom. The maximum Gasteiger partial charge on any atom is 0.115 e. The summed E-state index contributed by atoms with van der Waals surface area (Å²) in [5.41, 5.74) is 7.82. The highest BCUT2D eigenvalue weighted by Crippen LogP contribution is 2.42. The zero-order chi connectivity index (χ0) is 26.3. The van der Waals surface area contributed by atoms with Crippen LogP contribution in [-0.2, 0) is 16.2 Å². The minimum Gasteiger partial charge on any atom is -0.508 e. The zero-order valence-electron chi connectivity index (χ0n) is 22.6. The van der Waals surface area contributed by atoms with E-state index < -0.39 is 0 Å². The van der Waals surface area contributed by atoms with E-state index in [1.807, 2.05) is 24.3 Å². The average molecular weight is 479 g/mol. The molecule has 0 amide bonds. The van der Waals surface area contributed by atoms with Crippen LogP contribution in [0, 0.1) is 6.92 Å². The van der Waals surface area contributed by atoms with Gasteiger partial charge < -0.3 is 10.2 Å². The summed E-state index contributed by atoms with van der Waals surface area (Å²) >= 11 is 0. The van der Waals surface area contributed by atoms with Gasteiger partial charge in [0.05, 0.1) is 0 Å². The number of phenolic OH excluding ortho intramolecular Hbond substituents is 2. The molecule has 0 bridgehead atoms. The van der Waals surface area contributed by atoms with Crippen LogP contribution < -0.4 is 0 Å². The van der Waals surface area contributed by atoms with Crippen LogP contribution >= 0.6 is 0 Å². The Labute approximate surface area is 216 Å². The number of hydrogen-bond acceptors (Lipinski definition) is 2. The first-order valence-electron chi connectivity index (χ1n) is 12.6. The molecule has 4 rings (SSSR count). The number of hydrogen-bond donors (Lipinski definition) is 2. The summed E-state index contributed by atoms with van der Waals surface area (Å²) in [5, 5.41) is 19.7. The number of aryl methyl sites for hydroxylation is 1. The van der Waals surface area contributed by atoms with E-state index >= 15 is 0 Å². The Kier molecular flexibility index (Phi) is 6.51. The fraction of sp³-hybridized carbons (Fsp3) is 0.294. The zero-order valence-corrected chi connectivity index (χ0v) is 22.6. The largest absolute Gasteiger partial charge is 0.508 e. The third-order valence-electron chi connectivity index (χ3n) is 8.05. The van der Waals surface area contributed by atoms with E-state index in [-0.39, 0.29) is 27.7 Å². The molecule has 0 saturated heterocycles. The molecule has 186 valence electrons. The summed E-state index contributed by atoms with van der Waals surface area (Å²) in [5.74, 6) is 0.552. The molecule has 0 aliphatic rings. The first-order chi connectivity index (χ1) is 16.8. The van der Waals surface area contributed by atoms with E-state index in [1.165, 1.54) is 27.8 Å². The van der Waals surface area contributed by atoms with Crippen LogP contribution in [0.2, 0.25) is 0 Å². The molecule has 0 spiro atoms. The molecule has 0 heterocycles. The molecule has 36 heavy (non-hydrogen) atoms. The fourth-order valence-electron chi connectivity index (χ4n) is 4.94. The SMILES string of the molecule is Cc1ccc(C(C)(C)c2cc(C(C)(C)c3ccc(O)cc3)cc(C(C)(C)c3ccc(O)cc3)c2)cc1. The highest BCUT2D eigenvalue weighted by Gasteiger charge is 2.32. The molecular weight excluding hydrogens is 440 g/mol. The van der Waals surface area contributed by atoms with Gasteiger partial charge in [-0.15, -0.1) is 0 Å². The third-order valence-corrected chi connectivity index (χ3v) is 8.05. The summed E-state index contributed by atoms with van der Waals surface area (Å²) in [6, 6.07) is 31.0. The van der Waals surface area contributed by atoms with Crippen LogP contribution in [0.1, 0.15) is 80.5 Å². The molecule has 0 aliphatic heterocycles. The lowest BCUT2D eigenvalue weighted by Crippen LogP contribution is -2.26. The molecule has 0 radical (unpaired) electrons. The standard InChI is InChI=1S/C34H38O2/c1-23-8-10-24(11-9-23)32(2,3)27-20-28(33(4,5)25-12-16-30(35)17-13-25)22-29(21-27)34(6,7)26-14-18-31(36)19-15-26/h8-22,35-36H,1-7H3. The van der Waals surface area contributed by atoms with E-state index in [4.69, 9.17) is 0 Å². The van der Waals surface area contributed by atoms with Gasteiger partial charge in [0.1, 0.15) is 11.5 Å². The van der Waals surface area contributed by atoms with E-state index in [0.717, 1.165) is 11.1 Å². The van der Waals surface area contributed by atoms with Gasteiger partial charge in [0.15, 0.2) is 0 Å². The first kappa shape index (κ1) is 25.6. The van der Waals surface area contributed by atoms with Crippen molar-refractivity contribution in [2.24, 2.45) is 0 Å². The van der Waals surface area contributed by atoms with Crippen molar-refractivity contribution in [2.75, 3.05) is 0 Å². The normalized spacial score (nSPS) is 12.5. The van der Waals surface area contributed by atoms with Crippen molar-refractivity contribution in [1.82, 2.24) is 0 Å². The summed E-state index contributed by atoms with van der Waals surface area (Å²) in [7, 11) is 0. The Bertz CT molecular complexity index is 1160. The maximum absolute atomic E-state index is 9.87. The van der Waals surface area contributed by atoms with Crippen LogP contribution in [0.4, 0.5) is 0 Å². The second-order valence-corrected chi connectivity index (χ2v) is 11.6. The van der Waals surface area contributed by atoms with Crippen LogP contribution in [0.25, 0.3) is 0 Å².